The van der Waals surface area contributed by atoms with Gasteiger partial charge in [-0.05, 0) is 74.2 Å². The summed E-state index contributed by atoms with van der Waals surface area (Å²) in [5, 5.41) is 0. The van der Waals surface area contributed by atoms with Crippen LogP contribution in [-0.4, -0.2) is 11.6 Å². The van der Waals surface area contributed by atoms with Gasteiger partial charge in [0.2, 0.25) is 0 Å². The molecule has 1 unspecified atom stereocenters. The number of fused-ring (bicyclic) bond motifs is 5. The number of hydrogen-bond acceptors (Lipinski definition) is 2. The molecule has 0 N–H and O–H groups in total. The van der Waals surface area contributed by atoms with Gasteiger partial charge in [-0.2, -0.15) is 0 Å². The quantitative estimate of drug-likeness (QED) is 0.701. The maximum absolute atomic E-state index is 12.5. The highest BCUT2D eigenvalue weighted by molar-refractivity contribution is 5.93. The van der Waals surface area contributed by atoms with Gasteiger partial charge in [0, 0.05) is 17.8 Å². The molecule has 3 saturated carbocycles. The zero-order valence-corrected chi connectivity index (χ0v) is 14.9. The Morgan fingerprint density at radius 1 is 1.04 bits per heavy atom. The van der Waals surface area contributed by atoms with Crippen molar-refractivity contribution in [3.63, 3.8) is 0 Å². The monoisotopic (exact) mass is 314 g/mol. The lowest BCUT2D eigenvalue weighted by Crippen LogP contribution is -2.51. The number of rotatable bonds is 1. The van der Waals surface area contributed by atoms with Crippen LogP contribution in [0.5, 0.6) is 0 Å². The predicted octanol–water partition coefficient (Wildman–Crippen LogP) is 4.72. The second-order valence-corrected chi connectivity index (χ2v) is 9.13. The molecule has 2 heteroatoms. The van der Waals surface area contributed by atoms with Crippen molar-refractivity contribution >= 4 is 11.6 Å². The Kier molecular flexibility index (Phi) is 3.42. The van der Waals surface area contributed by atoms with Gasteiger partial charge in [-0.1, -0.05) is 26.3 Å². The summed E-state index contributed by atoms with van der Waals surface area (Å²) in [6, 6.07) is 0. The Morgan fingerprint density at radius 3 is 2.52 bits per heavy atom. The van der Waals surface area contributed by atoms with Crippen LogP contribution in [-0.2, 0) is 9.59 Å². The van der Waals surface area contributed by atoms with E-state index in [0.717, 1.165) is 38.5 Å². The first kappa shape index (κ1) is 15.6. The van der Waals surface area contributed by atoms with E-state index in [1.54, 1.807) is 0 Å². The van der Waals surface area contributed by atoms with Gasteiger partial charge in [-0.15, -0.1) is 0 Å². The SMILES string of the molecule is CCC1C[C@@]2(C)C(=CC1=O)CC[C@@H]1[C@H]2CC[C@]2(C)C(=O)CC[C@@H]12. The fourth-order valence-corrected chi connectivity index (χ4v) is 6.87. The number of carbonyl (C=O) groups excluding carboxylic acids is 2. The minimum Gasteiger partial charge on any atom is -0.299 e. The molecule has 0 spiro atoms. The standard InChI is InChI=1S/C21H30O2/c1-4-13-12-21(3)14(11-18(13)22)5-6-15-16-7-8-19(23)20(16,2)10-9-17(15)21/h11,13,15-17H,4-10,12H2,1-3H3/t13?,15-,16-,17+,20-,21-/m0/s1. The molecule has 2 nitrogen and oxygen atoms in total. The van der Waals surface area contributed by atoms with Crippen molar-refractivity contribution in [2.75, 3.05) is 0 Å². The minimum atomic E-state index is -0.0343. The van der Waals surface area contributed by atoms with E-state index in [1.165, 1.54) is 18.4 Å². The largest absolute Gasteiger partial charge is 0.299 e. The van der Waals surface area contributed by atoms with E-state index >= 15 is 0 Å². The highest BCUT2D eigenvalue weighted by atomic mass is 16.1. The third-order valence-electron chi connectivity index (χ3n) is 8.33. The van der Waals surface area contributed by atoms with Crippen LogP contribution in [0.15, 0.2) is 11.6 Å². The van der Waals surface area contributed by atoms with Gasteiger partial charge in [-0.25, -0.2) is 0 Å². The Labute approximate surface area is 140 Å². The summed E-state index contributed by atoms with van der Waals surface area (Å²) < 4.78 is 0. The molecule has 0 heterocycles. The molecular weight excluding hydrogens is 284 g/mol. The molecule has 0 aromatic carbocycles. The molecule has 126 valence electrons. The lowest BCUT2D eigenvalue weighted by atomic mass is 9.46. The van der Waals surface area contributed by atoms with Gasteiger partial charge < -0.3 is 0 Å². The van der Waals surface area contributed by atoms with Crippen molar-refractivity contribution in [1.82, 2.24) is 0 Å². The Morgan fingerprint density at radius 2 is 1.78 bits per heavy atom. The highest BCUT2D eigenvalue weighted by Gasteiger charge is 2.59. The van der Waals surface area contributed by atoms with Crippen molar-refractivity contribution in [2.45, 2.75) is 72.1 Å². The fourth-order valence-electron chi connectivity index (χ4n) is 6.87. The Balaban J connectivity index is 1.70. The summed E-state index contributed by atoms with van der Waals surface area (Å²) in [6.45, 7) is 6.83. The van der Waals surface area contributed by atoms with Gasteiger partial charge in [0.05, 0.1) is 0 Å². The molecule has 0 amide bonds. The number of ketones is 2. The Hall–Kier alpha value is -0.920. The molecule has 0 saturated heterocycles. The third kappa shape index (κ3) is 1.99. The first-order valence-electron chi connectivity index (χ1n) is 9.68. The van der Waals surface area contributed by atoms with Crippen molar-refractivity contribution < 1.29 is 9.59 Å². The number of Topliss-reactive ketones (excluding diaryl/α,β-unsaturated/α-hetero) is 1. The van der Waals surface area contributed by atoms with Crippen molar-refractivity contribution in [3.05, 3.63) is 11.6 Å². The summed E-state index contributed by atoms with van der Waals surface area (Å²) in [5.74, 6) is 3.11. The average molecular weight is 314 g/mol. The molecule has 4 rings (SSSR count). The normalized spacial score (nSPS) is 49.3. The number of hydrogen-bond donors (Lipinski definition) is 0. The molecule has 6 atom stereocenters. The summed E-state index contributed by atoms with van der Waals surface area (Å²) in [6.07, 6.45) is 10.5. The maximum Gasteiger partial charge on any atom is 0.158 e. The van der Waals surface area contributed by atoms with Gasteiger partial charge in [0.15, 0.2) is 5.78 Å². The molecular formula is C21H30O2. The number of carbonyl (C=O) groups is 2. The second kappa shape index (κ2) is 5.04. The summed E-state index contributed by atoms with van der Waals surface area (Å²) in [5.41, 5.74) is 1.61. The molecule has 4 aliphatic carbocycles. The van der Waals surface area contributed by atoms with Crippen LogP contribution >= 0.6 is 0 Å². The predicted molar refractivity (Wildman–Crippen MR) is 90.9 cm³/mol. The van der Waals surface area contributed by atoms with E-state index in [9.17, 15) is 9.59 Å². The molecule has 4 aliphatic rings. The van der Waals surface area contributed by atoms with E-state index in [4.69, 9.17) is 0 Å². The molecule has 0 aromatic heterocycles. The highest BCUT2D eigenvalue weighted by Crippen LogP contribution is 2.64. The molecule has 0 radical (unpaired) electrons. The Bertz CT molecular complexity index is 589. The lowest BCUT2D eigenvalue weighted by Gasteiger charge is -2.57. The van der Waals surface area contributed by atoms with Crippen LogP contribution in [0.2, 0.25) is 0 Å². The van der Waals surface area contributed by atoms with Crippen LogP contribution in [0, 0.1) is 34.5 Å². The minimum absolute atomic E-state index is 0.0343. The van der Waals surface area contributed by atoms with Crippen molar-refractivity contribution in [2.24, 2.45) is 34.5 Å². The van der Waals surface area contributed by atoms with E-state index < -0.39 is 0 Å². The molecule has 3 fully saturated rings. The van der Waals surface area contributed by atoms with E-state index in [0.29, 0.717) is 29.3 Å². The van der Waals surface area contributed by atoms with Crippen molar-refractivity contribution in [3.8, 4) is 0 Å². The van der Waals surface area contributed by atoms with Gasteiger partial charge in [-0.3, -0.25) is 9.59 Å². The average Bonchev–Trinajstić information content (AvgIpc) is 2.83. The van der Waals surface area contributed by atoms with Crippen LogP contribution in [0.1, 0.15) is 72.1 Å². The third-order valence-corrected chi connectivity index (χ3v) is 8.33. The van der Waals surface area contributed by atoms with Gasteiger partial charge >= 0.3 is 0 Å². The topological polar surface area (TPSA) is 34.1 Å². The molecule has 0 bridgehead atoms. The van der Waals surface area contributed by atoms with E-state index in [2.05, 4.69) is 20.8 Å². The van der Waals surface area contributed by atoms with Gasteiger partial charge in [0.25, 0.3) is 0 Å². The zero-order chi connectivity index (χ0) is 16.4. The summed E-state index contributed by atoms with van der Waals surface area (Å²) in [7, 11) is 0. The molecule has 0 aliphatic heterocycles. The zero-order valence-electron chi connectivity index (χ0n) is 14.9. The van der Waals surface area contributed by atoms with Crippen LogP contribution in [0.4, 0.5) is 0 Å². The smallest absolute Gasteiger partial charge is 0.158 e. The fraction of sp³-hybridized carbons (Fsp3) is 0.810. The van der Waals surface area contributed by atoms with Crippen molar-refractivity contribution in [1.29, 1.82) is 0 Å². The maximum atomic E-state index is 12.5. The molecule has 23 heavy (non-hydrogen) atoms. The second-order valence-electron chi connectivity index (χ2n) is 9.13. The lowest BCUT2D eigenvalue weighted by molar-refractivity contribution is -0.133. The van der Waals surface area contributed by atoms with E-state index in [1.807, 2.05) is 6.08 Å². The van der Waals surface area contributed by atoms with Crippen LogP contribution in [0.25, 0.3) is 0 Å². The van der Waals surface area contributed by atoms with E-state index in [-0.39, 0.29) is 16.7 Å². The first-order chi connectivity index (χ1) is 10.9. The van der Waals surface area contributed by atoms with Gasteiger partial charge in [0.1, 0.15) is 5.78 Å². The number of allylic oxidation sites excluding steroid dienone is 1. The first-order valence-corrected chi connectivity index (χ1v) is 9.68. The molecule has 0 aromatic rings. The van der Waals surface area contributed by atoms with Crippen LogP contribution < -0.4 is 0 Å². The van der Waals surface area contributed by atoms with Crippen LogP contribution in [0.3, 0.4) is 0 Å². The summed E-state index contributed by atoms with van der Waals surface area (Å²) in [4.78, 5) is 24.8. The summed E-state index contributed by atoms with van der Waals surface area (Å²) >= 11 is 0.